The number of ether oxygens (including phenoxy) is 2. The molecule has 4 aliphatic heterocycles. The first kappa shape index (κ1) is 36.0. The molecule has 1 spiro atoms. The van der Waals surface area contributed by atoms with Gasteiger partial charge in [-0.15, -0.1) is 0 Å². The van der Waals surface area contributed by atoms with Crippen molar-refractivity contribution < 1.29 is 33.1 Å². The third-order valence-corrected chi connectivity index (χ3v) is 13.4. The molecule has 2 fully saturated rings. The van der Waals surface area contributed by atoms with E-state index in [9.17, 15) is 19.5 Å². The zero-order chi connectivity index (χ0) is 36.0. The van der Waals surface area contributed by atoms with Crippen LogP contribution in [0, 0.1) is 5.92 Å². The number of nitrogens with zero attached hydrogens (tertiary/aromatic N) is 3. The molecule has 4 heterocycles. The average Bonchev–Trinajstić information content (AvgIpc) is 3.70. The van der Waals surface area contributed by atoms with E-state index in [1.54, 1.807) is 22.9 Å². The minimum absolute atomic E-state index is 0.111. The summed E-state index contributed by atoms with van der Waals surface area (Å²) >= 11 is 0. The summed E-state index contributed by atoms with van der Waals surface area (Å²) in [7, 11) is -3.54. The lowest BCUT2D eigenvalue weighted by atomic mass is 9.82. The largest absolute Gasteiger partial charge is 0.447 e. The van der Waals surface area contributed by atoms with Crippen LogP contribution in [0.15, 0.2) is 65.8 Å². The molecule has 0 aromatic heterocycles. The zero-order valence-electron chi connectivity index (χ0n) is 30.1. The molecule has 0 bridgehead atoms. The van der Waals surface area contributed by atoms with Crippen LogP contribution in [0.3, 0.4) is 0 Å². The summed E-state index contributed by atoms with van der Waals surface area (Å²) in [6.07, 6.45) is 5.10. The second kappa shape index (κ2) is 14.1. The van der Waals surface area contributed by atoms with Crippen molar-refractivity contribution in [1.29, 1.82) is 0 Å². The SMILES string of the molecule is CC(C)=CCC/C(C)=C/CN1C(=O)[C@@]2(O[C@@H](CC(=O)N3Cc4ccccc4C[C@H]3CO)[C@H]([Si](C)(C)F)[C@H]2C)c2cc(N3CCOC3=O)ccc21. The smallest absolute Gasteiger partial charge is 0.414 e. The predicted molar refractivity (Wildman–Crippen MR) is 194 cm³/mol. The number of amides is 3. The number of anilines is 2. The van der Waals surface area contributed by atoms with Crippen molar-refractivity contribution in [3.8, 4) is 0 Å². The fourth-order valence-corrected chi connectivity index (χ4v) is 11.0. The van der Waals surface area contributed by atoms with Gasteiger partial charge in [0.25, 0.3) is 5.91 Å². The highest BCUT2D eigenvalue weighted by Crippen LogP contribution is 2.60. The zero-order valence-corrected chi connectivity index (χ0v) is 31.1. The van der Waals surface area contributed by atoms with E-state index in [4.69, 9.17) is 9.47 Å². The molecule has 0 saturated carbocycles. The van der Waals surface area contributed by atoms with Crippen molar-refractivity contribution in [3.05, 3.63) is 82.5 Å². The maximum Gasteiger partial charge on any atom is 0.414 e. The van der Waals surface area contributed by atoms with Crippen LogP contribution in [0.5, 0.6) is 0 Å². The summed E-state index contributed by atoms with van der Waals surface area (Å²) in [5, 5.41) is 10.3. The lowest BCUT2D eigenvalue weighted by molar-refractivity contribution is -0.150. The standard InChI is InChI=1S/C39H50FN3O6Si/c1-25(2)10-9-11-26(3)16-17-42-33-15-14-30(41-18-19-48-38(41)47)21-32(33)39(37(42)46)27(4)36(50(5,6)40)34(49-39)22-35(45)43-23-29-13-8-7-12-28(29)20-31(43)24-44/h7-8,10,12-16,21,27,31,34,36,44H,9,11,17-20,22-24H2,1-6H3/b26-16+/t27-,31+,34+,36-,39+/m1/s1. The minimum Gasteiger partial charge on any atom is -0.447 e. The number of benzene rings is 2. The quantitative estimate of drug-likeness (QED) is 0.166. The van der Waals surface area contributed by atoms with E-state index >= 15 is 4.11 Å². The maximum absolute atomic E-state index is 16.6. The molecule has 2 saturated heterocycles. The highest BCUT2D eigenvalue weighted by molar-refractivity contribution is 6.72. The second-order valence-corrected chi connectivity index (χ2v) is 18.9. The van der Waals surface area contributed by atoms with Gasteiger partial charge in [0.1, 0.15) is 6.61 Å². The molecule has 3 amide bonds. The molecule has 50 heavy (non-hydrogen) atoms. The summed E-state index contributed by atoms with van der Waals surface area (Å²) in [5.41, 5.74) is 4.13. The average molecular weight is 704 g/mol. The molecular formula is C39H50FN3O6Si. The molecule has 268 valence electrons. The Labute approximate surface area is 295 Å². The summed E-state index contributed by atoms with van der Waals surface area (Å²) < 4.78 is 28.7. The van der Waals surface area contributed by atoms with E-state index < -0.39 is 43.7 Å². The number of allylic oxidation sites excluding steroid dienone is 3. The molecular weight excluding hydrogens is 654 g/mol. The van der Waals surface area contributed by atoms with Gasteiger partial charge in [-0.1, -0.05) is 54.5 Å². The van der Waals surface area contributed by atoms with Crippen LogP contribution in [0.4, 0.5) is 20.3 Å². The van der Waals surface area contributed by atoms with Gasteiger partial charge in [-0.25, -0.2) is 4.79 Å². The van der Waals surface area contributed by atoms with Crippen molar-refractivity contribution in [2.45, 2.75) is 96.3 Å². The Balaban J connectivity index is 1.36. The van der Waals surface area contributed by atoms with Gasteiger partial charge in [0, 0.05) is 35.8 Å². The van der Waals surface area contributed by atoms with Crippen LogP contribution < -0.4 is 9.80 Å². The van der Waals surface area contributed by atoms with Gasteiger partial charge in [0.15, 0.2) is 5.60 Å². The molecule has 0 aliphatic carbocycles. The third-order valence-electron chi connectivity index (χ3n) is 11.0. The molecule has 0 radical (unpaired) electrons. The molecule has 9 nitrogen and oxygen atoms in total. The topological polar surface area (TPSA) is 99.6 Å². The number of rotatable bonds is 10. The number of hydrogen-bond donors (Lipinski definition) is 1. The number of carbonyl (C=O) groups is 3. The summed E-state index contributed by atoms with van der Waals surface area (Å²) in [6.45, 7) is 12.4. The molecule has 2 aromatic carbocycles. The lowest BCUT2D eigenvalue weighted by Gasteiger charge is -2.37. The number of carbonyl (C=O) groups excluding carboxylic acids is 3. The van der Waals surface area contributed by atoms with Crippen molar-refractivity contribution >= 4 is 37.7 Å². The first-order valence-corrected chi connectivity index (χ1v) is 20.7. The van der Waals surface area contributed by atoms with Gasteiger partial charge in [-0.3, -0.25) is 14.5 Å². The monoisotopic (exact) mass is 703 g/mol. The van der Waals surface area contributed by atoms with Gasteiger partial charge in [0.05, 0.1) is 37.4 Å². The Bertz CT molecular complexity index is 1720. The molecule has 4 aliphatic rings. The van der Waals surface area contributed by atoms with Gasteiger partial charge in [-0.2, -0.15) is 0 Å². The van der Waals surface area contributed by atoms with Crippen molar-refractivity contribution in [2.75, 3.05) is 36.1 Å². The number of cyclic esters (lactones) is 1. The van der Waals surface area contributed by atoms with Gasteiger partial charge >= 0.3 is 6.09 Å². The lowest BCUT2D eigenvalue weighted by Crippen LogP contribution is -2.48. The Morgan fingerprint density at radius 3 is 2.50 bits per heavy atom. The van der Waals surface area contributed by atoms with Crippen LogP contribution in [-0.2, 0) is 37.6 Å². The molecule has 5 atom stereocenters. The van der Waals surface area contributed by atoms with E-state index in [1.807, 2.05) is 49.4 Å². The molecule has 2 aromatic rings. The van der Waals surface area contributed by atoms with Crippen LogP contribution in [-0.4, -0.2) is 74.8 Å². The van der Waals surface area contributed by atoms with Crippen LogP contribution in [0.2, 0.25) is 18.6 Å². The Kier molecular flexibility index (Phi) is 10.1. The first-order chi connectivity index (χ1) is 23.8. The highest BCUT2D eigenvalue weighted by Gasteiger charge is 2.67. The minimum atomic E-state index is -3.54. The molecule has 11 heteroatoms. The number of aliphatic hydroxyl groups excluding tert-OH is 1. The fourth-order valence-electron chi connectivity index (χ4n) is 8.48. The number of aliphatic hydroxyl groups is 1. The summed E-state index contributed by atoms with van der Waals surface area (Å²) in [4.78, 5) is 46.5. The van der Waals surface area contributed by atoms with E-state index in [0.717, 1.165) is 29.5 Å². The van der Waals surface area contributed by atoms with Gasteiger partial charge in [0.2, 0.25) is 14.3 Å². The van der Waals surface area contributed by atoms with Crippen LogP contribution in [0.25, 0.3) is 0 Å². The van der Waals surface area contributed by atoms with Crippen molar-refractivity contribution in [2.24, 2.45) is 5.92 Å². The third kappa shape index (κ3) is 6.55. The van der Waals surface area contributed by atoms with Crippen molar-refractivity contribution in [3.63, 3.8) is 0 Å². The first-order valence-electron chi connectivity index (χ1n) is 17.8. The van der Waals surface area contributed by atoms with Gasteiger partial charge < -0.3 is 28.5 Å². The van der Waals surface area contributed by atoms with Crippen LogP contribution in [0.1, 0.15) is 63.6 Å². The maximum atomic E-state index is 16.6. The normalized spacial score (nSPS) is 26.4. The van der Waals surface area contributed by atoms with Gasteiger partial charge in [-0.05, 0) is 82.5 Å². The Morgan fingerprint density at radius 1 is 1.10 bits per heavy atom. The summed E-state index contributed by atoms with van der Waals surface area (Å²) in [6, 6.07) is 13.0. The van der Waals surface area contributed by atoms with E-state index in [-0.39, 0.29) is 31.4 Å². The number of halogens is 1. The van der Waals surface area contributed by atoms with E-state index in [0.29, 0.717) is 43.0 Å². The highest BCUT2D eigenvalue weighted by atomic mass is 28.4. The predicted octanol–water partition coefficient (Wildman–Crippen LogP) is 6.79. The van der Waals surface area contributed by atoms with Crippen LogP contribution >= 0.6 is 0 Å². The molecule has 6 rings (SSSR count). The Hall–Kier alpha value is -3.80. The van der Waals surface area contributed by atoms with Crippen molar-refractivity contribution in [1.82, 2.24) is 4.90 Å². The Morgan fingerprint density at radius 2 is 1.84 bits per heavy atom. The summed E-state index contributed by atoms with van der Waals surface area (Å²) in [5.74, 6) is -1.11. The number of hydrogen-bond acceptors (Lipinski definition) is 6. The van der Waals surface area contributed by atoms with E-state index in [2.05, 4.69) is 32.9 Å². The number of fused-ring (bicyclic) bond motifs is 3. The fraction of sp³-hybridized carbons (Fsp3) is 0.513. The molecule has 1 N–H and O–H groups in total. The molecule has 0 unspecified atom stereocenters. The second-order valence-electron chi connectivity index (χ2n) is 15.1. The van der Waals surface area contributed by atoms with E-state index in [1.165, 1.54) is 10.5 Å².